The molecule has 0 bridgehead atoms. The number of rotatable bonds is 2. The second-order valence-electron chi connectivity index (χ2n) is 8.58. The van der Waals surface area contributed by atoms with E-state index in [0.717, 1.165) is 6.42 Å². The van der Waals surface area contributed by atoms with Crippen molar-refractivity contribution in [3.63, 3.8) is 0 Å². The predicted octanol–water partition coefficient (Wildman–Crippen LogP) is 2.39. The highest BCUT2D eigenvalue weighted by molar-refractivity contribution is 6.20. The fraction of sp³-hybridized carbons (Fsp3) is 0.500. The quantitative estimate of drug-likeness (QED) is 0.725. The highest BCUT2D eigenvalue weighted by Crippen LogP contribution is 2.53. The van der Waals surface area contributed by atoms with E-state index in [2.05, 4.69) is 0 Å². The van der Waals surface area contributed by atoms with Crippen molar-refractivity contribution in [3.05, 3.63) is 35.4 Å². The van der Waals surface area contributed by atoms with Crippen LogP contribution >= 0.6 is 0 Å². The zero-order valence-electron chi connectivity index (χ0n) is 16.1. The second-order valence-corrected chi connectivity index (χ2v) is 8.58. The molecule has 2 atom stereocenters. The average Bonchev–Trinajstić information content (AvgIpc) is 3.01. The Morgan fingerprint density at radius 1 is 1.11 bits per heavy atom. The first-order chi connectivity index (χ1) is 13.1. The molecular formula is C20H22N2O6. The van der Waals surface area contributed by atoms with Gasteiger partial charge in [0, 0.05) is 13.1 Å². The van der Waals surface area contributed by atoms with Crippen LogP contribution < -0.4 is 0 Å². The molecular weight excluding hydrogens is 364 g/mol. The lowest BCUT2D eigenvalue weighted by Gasteiger charge is -2.40. The van der Waals surface area contributed by atoms with Crippen LogP contribution in [0.3, 0.4) is 0 Å². The highest BCUT2D eigenvalue weighted by Gasteiger charge is 2.61. The number of carbonyl (C=O) groups is 4. The summed E-state index contributed by atoms with van der Waals surface area (Å²) in [5.74, 6) is -2.02. The van der Waals surface area contributed by atoms with Gasteiger partial charge in [-0.05, 0) is 51.7 Å². The lowest BCUT2D eigenvalue weighted by atomic mass is 9.62. The Morgan fingerprint density at radius 3 is 2.21 bits per heavy atom. The standard InChI is InChI=1S/C20H22N2O6/c1-19(2,3)27-18(26)21-10-12-8-9-20(12,11-21)17(25)28-22-15(23)13-6-4-5-7-14(13)16(22)24/h4-7,12H,8-11H2,1-3H3/t12-,20-/m1/s1. The Hall–Kier alpha value is -2.90. The van der Waals surface area contributed by atoms with Crippen molar-refractivity contribution >= 4 is 23.9 Å². The van der Waals surface area contributed by atoms with E-state index in [4.69, 9.17) is 9.57 Å². The van der Waals surface area contributed by atoms with E-state index >= 15 is 0 Å². The van der Waals surface area contributed by atoms with E-state index in [1.807, 2.05) is 0 Å². The summed E-state index contributed by atoms with van der Waals surface area (Å²) in [4.78, 5) is 57.0. The predicted molar refractivity (Wildman–Crippen MR) is 96.0 cm³/mol. The summed E-state index contributed by atoms with van der Waals surface area (Å²) in [6, 6.07) is 6.33. The average molecular weight is 386 g/mol. The third-order valence-electron chi connectivity index (χ3n) is 5.62. The van der Waals surface area contributed by atoms with E-state index in [1.54, 1.807) is 32.9 Å². The summed E-state index contributed by atoms with van der Waals surface area (Å²) in [6.45, 7) is 5.90. The van der Waals surface area contributed by atoms with Crippen molar-refractivity contribution < 1.29 is 28.8 Å². The van der Waals surface area contributed by atoms with Gasteiger partial charge in [-0.15, -0.1) is 0 Å². The van der Waals surface area contributed by atoms with Crippen molar-refractivity contribution in [2.75, 3.05) is 13.1 Å². The molecule has 3 aliphatic rings. The number of carbonyl (C=O) groups excluding carboxylic acids is 4. The van der Waals surface area contributed by atoms with Gasteiger partial charge in [0.15, 0.2) is 0 Å². The van der Waals surface area contributed by atoms with Gasteiger partial charge in [-0.2, -0.15) is 0 Å². The molecule has 28 heavy (non-hydrogen) atoms. The van der Waals surface area contributed by atoms with Gasteiger partial charge in [0.2, 0.25) is 0 Å². The van der Waals surface area contributed by atoms with Crippen LogP contribution in [0.5, 0.6) is 0 Å². The first kappa shape index (κ1) is 18.5. The molecule has 1 saturated carbocycles. The molecule has 0 spiro atoms. The first-order valence-corrected chi connectivity index (χ1v) is 9.30. The minimum Gasteiger partial charge on any atom is -0.444 e. The van der Waals surface area contributed by atoms with E-state index in [-0.39, 0.29) is 23.6 Å². The minimum atomic E-state index is -0.897. The maximum atomic E-state index is 12.9. The fourth-order valence-electron chi connectivity index (χ4n) is 4.06. The number of nitrogens with zero attached hydrogens (tertiary/aromatic N) is 2. The van der Waals surface area contributed by atoms with Crippen LogP contribution in [0.4, 0.5) is 4.79 Å². The second kappa shape index (κ2) is 6.05. The Kier molecular flexibility index (Phi) is 3.99. The normalized spacial score (nSPS) is 25.9. The third-order valence-corrected chi connectivity index (χ3v) is 5.62. The maximum Gasteiger partial charge on any atom is 0.410 e. The number of likely N-dealkylation sites (tertiary alicyclic amines) is 1. The van der Waals surface area contributed by atoms with Crippen molar-refractivity contribution in [1.29, 1.82) is 0 Å². The van der Waals surface area contributed by atoms with Crippen LogP contribution in [0.15, 0.2) is 24.3 Å². The van der Waals surface area contributed by atoms with Gasteiger partial charge in [-0.25, -0.2) is 9.59 Å². The highest BCUT2D eigenvalue weighted by atomic mass is 16.7. The SMILES string of the molecule is CC(C)(C)OC(=O)N1C[C@H]2CC[C@@]2(C(=O)ON2C(=O)c3ccccc3C2=O)C1. The number of ether oxygens (including phenoxy) is 1. The van der Waals surface area contributed by atoms with Gasteiger partial charge in [-0.1, -0.05) is 17.2 Å². The molecule has 0 unspecified atom stereocenters. The molecule has 2 fully saturated rings. The summed E-state index contributed by atoms with van der Waals surface area (Å²) >= 11 is 0. The number of hydrogen-bond acceptors (Lipinski definition) is 6. The van der Waals surface area contributed by atoms with Crippen molar-refractivity contribution in [2.45, 2.75) is 39.2 Å². The molecule has 0 N–H and O–H groups in total. The number of hydrogen-bond donors (Lipinski definition) is 0. The molecule has 0 aromatic heterocycles. The van der Waals surface area contributed by atoms with E-state index < -0.39 is 34.9 Å². The summed E-state index contributed by atoms with van der Waals surface area (Å²) in [5.41, 5.74) is -1.10. The van der Waals surface area contributed by atoms with Gasteiger partial charge in [-0.3, -0.25) is 9.59 Å². The van der Waals surface area contributed by atoms with Gasteiger partial charge >= 0.3 is 12.1 Å². The summed E-state index contributed by atoms with van der Waals surface area (Å²) in [6.07, 6.45) is 0.838. The molecule has 1 aromatic rings. The number of imide groups is 1. The van der Waals surface area contributed by atoms with Crippen LogP contribution in [0.25, 0.3) is 0 Å². The molecule has 8 nitrogen and oxygen atoms in total. The smallest absolute Gasteiger partial charge is 0.410 e. The lowest BCUT2D eigenvalue weighted by Crippen LogP contribution is -2.50. The van der Waals surface area contributed by atoms with E-state index in [0.29, 0.717) is 18.0 Å². The fourth-order valence-corrected chi connectivity index (χ4v) is 4.06. The molecule has 3 amide bonds. The Balaban J connectivity index is 1.48. The number of hydroxylamine groups is 2. The van der Waals surface area contributed by atoms with Gasteiger partial charge < -0.3 is 14.5 Å². The number of fused-ring (bicyclic) bond motifs is 2. The summed E-state index contributed by atoms with van der Waals surface area (Å²) < 4.78 is 5.40. The molecule has 148 valence electrons. The van der Waals surface area contributed by atoms with Gasteiger partial charge in [0.25, 0.3) is 11.8 Å². The molecule has 2 heterocycles. The molecule has 4 rings (SSSR count). The number of amides is 3. The molecule has 2 aliphatic heterocycles. The lowest BCUT2D eigenvalue weighted by molar-refractivity contribution is -0.189. The van der Waals surface area contributed by atoms with Crippen LogP contribution in [0.1, 0.15) is 54.3 Å². The third kappa shape index (κ3) is 2.75. The first-order valence-electron chi connectivity index (χ1n) is 9.30. The van der Waals surface area contributed by atoms with E-state index in [9.17, 15) is 19.2 Å². The zero-order chi connectivity index (χ0) is 20.3. The van der Waals surface area contributed by atoms with E-state index in [1.165, 1.54) is 17.0 Å². The van der Waals surface area contributed by atoms with Crippen molar-refractivity contribution in [1.82, 2.24) is 9.96 Å². The van der Waals surface area contributed by atoms with Gasteiger partial charge in [0.1, 0.15) is 5.60 Å². The minimum absolute atomic E-state index is 0.0669. The van der Waals surface area contributed by atoms with Gasteiger partial charge in [0.05, 0.1) is 16.5 Å². The molecule has 1 aromatic carbocycles. The van der Waals surface area contributed by atoms with Crippen molar-refractivity contribution in [3.8, 4) is 0 Å². The molecule has 8 heteroatoms. The Bertz CT molecular complexity index is 854. The monoisotopic (exact) mass is 386 g/mol. The van der Waals surface area contributed by atoms with Crippen LogP contribution in [0, 0.1) is 11.3 Å². The largest absolute Gasteiger partial charge is 0.444 e. The molecule has 1 aliphatic carbocycles. The summed E-state index contributed by atoms with van der Waals surface area (Å²) in [5, 5.41) is 0.535. The molecule has 0 radical (unpaired) electrons. The van der Waals surface area contributed by atoms with Crippen LogP contribution in [0.2, 0.25) is 0 Å². The Labute approximate surface area is 162 Å². The van der Waals surface area contributed by atoms with Crippen molar-refractivity contribution in [2.24, 2.45) is 11.3 Å². The number of benzene rings is 1. The zero-order valence-corrected chi connectivity index (χ0v) is 16.1. The topological polar surface area (TPSA) is 93.2 Å². The maximum absolute atomic E-state index is 12.9. The Morgan fingerprint density at radius 2 is 1.71 bits per heavy atom. The van der Waals surface area contributed by atoms with Crippen LogP contribution in [-0.4, -0.2) is 52.5 Å². The molecule has 1 saturated heterocycles. The van der Waals surface area contributed by atoms with Crippen LogP contribution in [-0.2, 0) is 14.4 Å². The summed E-state index contributed by atoms with van der Waals surface area (Å²) in [7, 11) is 0.